The molecule has 2 fully saturated rings. The molecule has 2 aromatic rings. The van der Waals surface area contributed by atoms with Crippen LogP contribution in [0, 0.1) is 17.8 Å². The molecule has 0 radical (unpaired) electrons. The Morgan fingerprint density at radius 3 is 2.29 bits per heavy atom. The standard InChI is InChI=1S/C27H30N2O5/c1-29(11-10-25(30)31)26(32)17-12-16-14-24(22(16)13-17)28-27(33)34-15-23-20-8-4-2-6-18(20)19-7-3-5-9-21(19)23/h2-9,16-17,22-24H,10-15H2,1H3,(H,28,33)(H,30,31)/t16-,17?,22-,24+/m0/s1. The Balaban J connectivity index is 1.13. The largest absolute Gasteiger partial charge is 0.481 e. The first-order valence-corrected chi connectivity index (χ1v) is 12.0. The van der Waals surface area contributed by atoms with E-state index in [4.69, 9.17) is 9.84 Å². The molecule has 7 heteroatoms. The maximum absolute atomic E-state index is 12.7. The fraction of sp³-hybridized carbons (Fsp3) is 0.444. The van der Waals surface area contributed by atoms with Crippen LogP contribution in [0.5, 0.6) is 0 Å². The summed E-state index contributed by atoms with van der Waals surface area (Å²) in [6.45, 7) is 0.511. The molecule has 0 spiro atoms. The SMILES string of the molecule is CN(CCC(=O)O)C(=O)C1C[C@H]2C[C@@H](NC(=O)OCC3c4ccccc4-c4ccccc43)[C@H]2C1. The first-order chi connectivity index (χ1) is 16.4. The zero-order chi connectivity index (χ0) is 23.8. The van der Waals surface area contributed by atoms with E-state index in [0.717, 1.165) is 19.3 Å². The molecule has 2 amide bonds. The molecule has 0 aromatic heterocycles. The Labute approximate surface area is 199 Å². The topological polar surface area (TPSA) is 95.9 Å². The van der Waals surface area contributed by atoms with E-state index in [0.29, 0.717) is 5.92 Å². The molecule has 178 valence electrons. The zero-order valence-corrected chi connectivity index (χ0v) is 19.3. The summed E-state index contributed by atoms with van der Waals surface area (Å²) >= 11 is 0. The van der Waals surface area contributed by atoms with E-state index < -0.39 is 12.1 Å². The number of alkyl carbamates (subject to hydrolysis) is 1. The van der Waals surface area contributed by atoms with E-state index >= 15 is 0 Å². The number of hydrogen-bond acceptors (Lipinski definition) is 4. The number of benzene rings is 2. The lowest BCUT2D eigenvalue weighted by Gasteiger charge is -2.40. The second-order valence-corrected chi connectivity index (χ2v) is 9.81. The minimum Gasteiger partial charge on any atom is -0.481 e. The van der Waals surface area contributed by atoms with Gasteiger partial charge in [0.2, 0.25) is 5.91 Å². The highest BCUT2D eigenvalue weighted by Crippen LogP contribution is 2.50. The quantitative estimate of drug-likeness (QED) is 0.651. The van der Waals surface area contributed by atoms with Crippen molar-refractivity contribution in [3.8, 4) is 11.1 Å². The van der Waals surface area contributed by atoms with Gasteiger partial charge in [0.15, 0.2) is 0 Å². The number of nitrogens with zero attached hydrogens (tertiary/aromatic N) is 1. The van der Waals surface area contributed by atoms with E-state index in [1.807, 2.05) is 24.3 Å². The number of aliphatic carboxylic acids is 1. The smallest absolute Gasteiger partial charge is 0.407 e. The third kappa shape index (κ3) is 4.15. The lowest BCUT2D eigenvalue weighted by atomic mass is 9.71. The lowest BCUT2D eigenvalue weighted by molar-refractivity contribution is -0.139. The predicted octanol–water partition coefficient (Wildman–Crippen LogP) is 3.87. The van der Waals surface area contributed by atoms with Crippen molar-refractivity contribution < 1.29 is 24.2 Å². The normalized spacial score (nSPS) is 24.4. The minimum absolute atomic E-state index is 0.00976. The molecule has 0 bridgehead atoms. The van der Waals surface area contributed by atoms with Crippen LogP contribution in [-0.2, 0) is 14.3 Å². The molecule has 2 saturated carbocycles. The second kappa shape index (κ2) is 9.12. The highest BCUT2D eigenvalue weighted by molar-refractivity contribution is 5.80. The van der Waals surface area contributed by atoms with Gasteiger partial charge in [-0.2, -0.15) is 0 Å². The summed E-state index contributed by atoms with van der Waals surface area (Å²) < 4.78 is 5.68. The Morgan fingerprint density at radius 2 is 1.65 bits per heavy atom. The van der Waals surface area contributed by atoms with Crippen molar-refractivity contribution in [1.29, 1.82) is 0 Å². The van der Waals surface area contributed by atoms with E-state index in [1.54, 1.807) is 7.05 Å². The molecule has 2 N–H and O–H groups in total. The molecule has 0 saturated heterocycles. The summed E-state index contributed by atoms with van der Waals surface area (Å²) in [6, 6.07) is 16.5. The number of carboxylic acids is 1. The monoisotopic (exact) mass is 462 g/mol. The first kappa shape index (κ1) is 22.4. The van der Waals surface area contributed by atoms with E-state index in [-0.39, 0.29) is 49.3 Å². The van der Waals surface area contributed by atoms with Gasteiger partial charge >= 0.3 is 12.1 Å². The molecular weight excluding hydrogens is 432 g/mol. The number of fused-ring (bicyclic) bond motifs is 4. The van der Waals surface area contributed by atoms with Crippen molar-refractivity contribution in [2.45, 2.75) is 37.6 Å². The highest BCUT2D eigenvalue weighted by Gasteiger charge is 2.50. The van der Waals surface area contributed by atoms with Crippen LogP contribution in [0.1, 0.15) is 42.7 Å². The average molecular weight is 463 g/mol. The van der Waals surface area contributed by atoms with Gasteiger partial charge in [0.05, 0.1) is 6.42 Å². The van der Waals surface area contributed by atoms with Gasteiger partial charge in [-0.15, -0.1) is 0 Å². The van der Waals surface area contributed by atoms with Gasteiger partial charge in [-0.3, -0.25) is 9.59 Å². The molecule has 0 heterocycles. The van der Waals surface area contributed by atoms with Crippen molar-refractivity contribution >= 4 is 18.0 Å². The number of carbonyl (C=O) groups excluding carboxylic acids is 2. The van der Waals surface area contributed by atoms with Gasteiger partial charge in [-0.25, -0.2) is 4.79 Å². The molecule has 7 nitrogen and oxygen atoms in total. The number of ether oxygens (including phenoxy) is 1. The maximum atomic E-state index is 12.7. The Bertz CT molecular complexity index is 1070. The molecule has 2 aromatic carbocycles. The van der Waals surface area contributed by atoms with Crippen LogP contribution in [0.2, 0.25) is 0 Å². The maximum Gasteiger partial charge on any atom is 0.407 e. The summed E-state index contributed by atoms with van der Waals surface area (Å²) in [5, 5.41) is 11.9. The summed E-state index contributed by atoms with van der Waals surface area (Å²) in [6.07, 6.45) is 1.95. The van der Waals surface area contributed by atoms with Crippen LogP contribution in [0.15, 0.2) is 48.5 Å². The summed E-state index contributed by atoms with van der Waals surface area (Å²) in [4.78, 5) is 37.6. The minimum atomic E-state index is -0.904. The van der Waals surface area contributed by atoms with Crippen molar-refractivity contribution in [3.05, 3.63) is 59.7 Å². The third-order valence-corrected chi connectivity index (χ3v) is 7.86. The Morgan fingerprint density at radius 1 is 1.00 bits per heavy atom. The molecule has 34 heavy (non-hydrogen) atoms. The fourth-order valence-electron chi connectivity index (χ4n) is 6.07. The van der Waals surface area contributed by atoms with Crippen LogP contribution < -0.4 is 5.32 Å². The Kier molecular flexibility index (Phi) is 6.02. The van der Waals surface area contributed by atoms with Gasteiger partial charge in [0.25, 0.3) is 0 Å². The van der Waals surface area contributed by atoms with Gasteiger partial charge in [0.1, 0.15) is 6.61 Å². The van der Waals surface area contributed by atoms with E-state index in [9.17, 15) is 14.4 Å². The zero-order valence-electron chi connectivity index (χ0n) is 19.3. The van der Waals surface area contributed by atoms with Crippen molar-refractivity contribution in [1.82, 2.24) is 10.2 Å². The van der Waals surface area contributed by atoms with Gasteiger partial charge in [-0.1, -0.05) is 48.5 Å². The van der Waals surface area contributed by atoms with Gasteiger partial charge in [-0.05, 0) is 53.4 Å². The number of carbonyl (C=O) groups is 3. The van der Waals surface area contributed by atoms with Crippen molar-refractivity contribution in [3.63, 3.8) is 0 Å². The molecule has 0 aliphatic heterocycles. The molecule has 4 atom stereocenters. The van der Waals surface area contributed by atoms with Crippen LogP contribution in [-0.4, -0.2) is 54.2 Å². The first-order valence-electron chi connectivity index (χ1n) is 12.0. The number of amides is 2. The summed E-state index contributed by atoms with van der Waals surface area (Å²) in [7, 11) is 1.66. The predicted molar refractivity (Wildman–Crippen MR) is 126 cm³/mol. The van der Waals surface area contributed by atoms with Crippen molar-refractivity contribution in [2.75, 3.05) is 20.2 Å². The van der Waals surface area contributed by atoms with Crippen LogP contribution >= 0.6 is 0 Å². The van der Waals surface area contributed by atoms with Gasteiger partial charge in [0, 0.05) is 31.5 Å². The third-order valence-electron chi connectivity index (χ3n) is 7.86. The van der Waals surface area contributed by atoms with Crippen molar-refractivity contribution in [2.24, 2.45) is 17.8 Å². The summed E-state index contributed by atoms with van der Waals surface area (Å²) in [5.41, 5.74) is 4.77. The summed E-state index contributed by atoms with van der Waals surface area (Å²) in [5.74, 6) is -0.248. The van der Waals surface area contributed by atoms with E-state index in [2.05, 4.69) is 29.6 Å². The highest BCUT2D eigenvalue weighted by atomic mass is 16.5. The molecule has 3 aliphatic carbocycles. The number of hydrogen-bond donors (Lipinski definition) is 2. The fourth-order valence-corrected chi connectivity index (χ4v) is 6.07. The van der Waals surface area contributed by atoms with Crippen LogP contribution in [0.4, 0.5) is 4.79 Å². The molecule has 5 rings (SSSR count). The van der Waals surface area contributed by atoms with Crippen LogP contribution in [0.25, 0.3) is 11.1 Å². The Hall–Kier alpha value is -3.35. The number of nitrogens with one attached hydrogen (secondary N) is 1. The lowest BCUT2D eigenvalue weighted by Crippen LogP contribution is -2.50. The van der Waals surface area contributed by atoms with E-state index in [1.165, 1.54) is 27.2 Å². The molecular formula is C27H30N2O5. The molecule has 1 unspecified atom stereocenters. The number of rotatable bonds is 7. The second-order valence-electron chi connectivity index (χ2n) is 9.81. The average Bonchev–Trinajstić information content (AvgIpc) is 3.34. The van der Waals surface area contributed by atoms with Crippen LogP contribution in [0.3, 0.4) is 0 Å². The molecule has 3 aliphatic rings. The number of carboxylic acid groups (broad SMARTS) is 1. The van der Waals surface area contributed by atoms with Gasteiger partial charge < -0.3 is 20.1 Å².